The molecule has 0 radical (unpaired) electrons. The Morgan fingerprint density at radius 2 is 1.85 bits per heavy atom. The Morgan fingerprint density at radius 1 is 1.08 bits per heavy atom. The number of benzene rings is 2. The van der Waals surface area contributed by atoms with Crippen molar-refractivity contribution in [2.75, 3.05) is 20.2 Å². The Balaban J connectivity index is 1.38. The minimum absolute atomic E-state index is 0.304. The van der Waals surface area contributed by atoms with Gasteiger partial charge in [0.05, 0.1) is 0 Å². The zero-order chi connectivity index (χ0) is 17.9. The lowest BCUT2D eigenvalue weighted by Crippen LogP contribution is -2.40. The molecule has 1 atom stereocenters. The van der Waals surface area contributed by atoms with Crippen molar-refractivity contribution in [2.24, 2.45) is 0 Å². The predicted molar refractivity (Wildman–Crippen MR) is 105 cm³/mol. The van der Waals surface area contributed by atoms with Gasteiger partial charge >= 0.3 is 0 Å². The maximum absolute atomic E-state index is 10.4. The molecule has 0 amide bonds. The number of rotatable bonds is 6. The maximum Gasteiger partial charge on any atom is 0.135 e. The summed E-state index contributed by atoms with van der Waals surface area (Å²) < 4.78 is 11.7. The molecule has 0 spiro atoms. The van der Waals surface area contributed by atoms with Crippen LogP contribution in [0, 0.1) is 0 Å². The molecule has 4 rings (SSSR count). The summed E-state index contributed by atoms with van der Waals surface area (Å²) in [5.74, 6) is 0.767. The summed E-state index contributed by atoms with van der Waals surface area (Å²) in [4.78, 5) is 2.29. The second kappa shape index (κ2) is 7.68. The average molecular weight is 353 g/mol. The van der Waals surface area contributed by atoms with E-state index in [4.69, 9.17) is 9.15 Å². The van der Waals surface area contributed by atoms with Gasteiger partial charge in [0.1, 0.15) is 29.6 Å². The van der Waals surface area contributed by atoms with E-state index in [0.29, 0.717) is 19.2 Å². The summed E-state index contributed by atoms with van der Waals surface area (Å²) >= 11 is 0. The van der Waals surface area contributed by atoms with Crippen molar-refractivity contribution in [3.8, 4) is 5.75 Å². The monoisotopic (exact) mass is 353 g/mol. The smallest absolute Gasteiger partial charge is 0.135 e. The number of aliphatic hydroxyl groups excluding tert-OH is 1. The molecule has 3 aromatic rings. The molecule has 1 N–H and O–H groups in total. The summed E-state index contributed by atoms with van der Waals surface area (Å²) in [7, 11) is 2.11. The molecule has 1 heterocycles. The van der Waals surface area contributed by atoms with E-state index in [1.165, 1.54) is 32.1 Å². The molecule has 0 unspecified atom stereocenters. The summed E-state index contributed by atoms with van der Waals surface area (Å²) in [5, 5.41) is 12.5. The van der Waals surface area contributed by atoms with Crippen LogP contribution in [0.2, 0.25) is 0 Å². The van der Waals surface area contributed by atoms with Crippen LogP contribution < -0.4 is 4.74 Å². The topological polar surface area (TPSA) is 45.8 Å². The standard InChI is InChI=1S/C22H27NO3/c1-23(16-7-3-2-4-8-16)14-17(24)15-25-18-11-12-22-20(13-18)19-9-5-6-10-21(19)26-22/h5-6,9-13,16-17,24H,2-4,7-8,14-15H2,1H3/t17-/m0/s1. The molecule has 0 saturated heterocycles. The summed E-state index contributed by atoms with van der Waals surface area (Å²) in [6.45, 7) is 0.958. The number of hydrogen-bond acceptors (Lipinski definition) is 4. The lowest BCUT2D eigenvalue weighted by Gasteiger charge is -2.32. The van der Waals surface area contributed by atoms with Crippen molar-refractivity contribution in [3.63, 3.8) is 0 Å². The van der Waals surface area contributed by atoms with Gasteiger partial charge in [-0.05, 0) is 44.2 Å². The average Bonchev–Trinajstić information content (AvgIpc) is 3.05. The number of fused-ring (bicyclic) bond motifs is 3. The molecule has 1 saturated carbocycles. The Hall–Kier alpha value is -2.04. The van der Waals surface area contributed by atoms with Crippen molar-refractivity contribution >= 4 is 21.9 Å². The van der Waals surface area contributed by atoms with Crippen LogP contribution in [-0.4, -0.2) is 42.4 Å². The third kappa shape index (κ3) is 3.71. The third-order valence-electron chi connectivity index (χ3n) is 5.49. The van der Waals surface area contributed by atoms with Crippen molar-refractivity contribution in [1.29, 1.82) is 0 Å². The van der Waals surface area contributed by atoms with Crippen LogP contribution in [-0.2, 0) is 0 Å². The Bertz CT molecular complexity index is 866. The molecule has 1 aliphatic rings. The molecule has 2 aromatic carbocycles. The van der Waals surface area contributed by atoms with Crippen molar-refractivity contribution < 1.29 is 14.3 Å². The van der Waals surface area contributed by atoms with Gasteiger partial charge < -0.3 is 19.2 Å². The van der Waals surface area contributed by atoms with Gasteiger partial charge in [-0.15, -0.1) is 0 Å². The van der Waals surface area contributed by atoms with E-state index in [2.05, 4.69) is 18.0 Å². The van der Waals surface area contributed by atoms with Gasteiger partial charge in [-0.2, -0.15) is 0 Å². The van der Waals surface area contributed by atoms with E-state index in [1.807, 2.05) is 36.4 Å². The van der Waals surface area contributed by atoms with Crippen LogP contribution in [0.5, 0.6) is 5.75 Å². The van der Waals surface area contributed by atoms with Crippen LogP contribution in [0.25, 0.3) is 21.9 Å². The zero-order valence-corrected chi connectivity index (χ0v) is 15.4. The highest BCUT2D eigenvalue weighted by Gasteiger charge is 2.20. The molecule has 138 valence electrons. The highest BCUT2D eigenvalue weighted by Crippen LogP contribution is 2.31. The second-order valence-electron chi connectivity index (χ2n) is 7.45. The van der Waals surface area contributed by atoms with Crippen LogP contribution in [0.15, 0.2) is 46.9 Å². The van der Waals surface area contributed by atoms with Gasteiger partial charge in [0.25, 0.3) is 0 Å². The van der Waals surface area contributed by atoms with Crippen molar-refractivity contribution in [1.82, 2.24) is 4.90 Å². The highest BCUT2D eigenvalue weighted by atomic mass is 16.5. The highest BCUT2D eigenvalue weighted by molar-refractivity contribution is 6.05. The lowest BCUT2D eigenvalue weighted by molar-refractivity contribution is 0.0562. The Morgan fingerprint density at radius 3 is 2.69 bits per heavy atom. The minimum Gasteiger partial charge on any atom is -0.491 e. The fourth-order valence-electron chi connectivity index (χ4n) is 4.04. The second-order valence-corrected chi connectivity index (χ2v) is 7.45. The van der Waals surface area contributed by atoms with Gasteiger partial charge in [0.15, 0.2) is 0 Å². The predicted octanol–water partition coefficient (Wildman–Crippen LogP) is 4.59. The molecule has 0 aliphatic heterocycles. The van der Waals surface area contributed by atoms with Gasteiger partial charge in [-0.3, -0.25) is 0 Å². The Kier molecular flexibility index (Phi) is 5.14. The van der Waals surface area contributed by atoms with E-state index >= 15 is 0 Å². The van der Waals surface area contributed by atoms with E-state index in [0.717, 1.165) is 27.7 Å². The molecule has 1 fully saturated rings. The maximum atomic E-state index is 10.4. The molecule has 4 heteroatoms. The minimum atomic E-state index is -0.487. The number of hydrogen-bond donors (Lipinski definition) is 1. The molecule has 4 nitrogen and oxygen atoms in total. The van der Waals surface area contributed by atoms with Crippen LogP contribution in [0.1, 0.15) is 32.1 Å². The first-order valence-electron chi connectivity index (χ1n) is 9.63. The molecule has 1 aliphatic carbocycles. The number of aliphatic hydroxyl groups is 1. The number of nitrogens with zero attached hydrogens (tertiary/aromatic N) is 1. The summed E-state index contributed by atoms with van der Waals surface area (Å²) in [6.07, 6.45) is 5.96. The van der Waals surface area contributed by atoms with Gasteiger partial charge in [0, 0.05) is 23.4 Å². The lowest BCUT2D eigenvalue weighted by atomic mass is 9.94. The van der Waals surface area contributed by atoms with Crippen molar-refractivity contribution in [3.05, 3.63) is 42.5 Å². The Labute approximate surface area is 154 Å². The van der Waals surface area contributed by atoms with E-state index in [-0.39, 0.29) is 0 Å². The van der Waals surface area contributed by atoms with Crippen molar-refractivity contribution in [2.45, 2.75) is 44.2 Å². The zero-order valence-electron chi connectivity index (χ0n) is 15.4. The normalized spacial score (nSPS) is 17.2. The number of ether oxygens (including phenoxy) is 1. The van der Waals surface area contributed by atoms with E-state index in [9.17, 15) is 5.11 Å². The first-order valence-corrected chi connectivity index (χ1v) is 9.63. The number of para-hydroxylation sites is 1. The quantitative estimate of drug-likeness (QED) is 0.704. The van der Waals surface area contributed by atoms with Gasteiger partial charge in [-0.1, -0.05) is 37.5 Å². The fraction of sp³-hybridized carbons (Fsp3) is 0.455. The summed E-state index contributed by atoms with van der Waals surface area (Å²) in [6, 6.07) is 14.5. The first kappa shape index (κ1) is 17.4. The first-order chi connectivity index (χ1) is 12.7. The molecular formula is C22H27NO3. The van der Waals surface area contributed by atoms with E-state index < -0.39 is 6.10 Å². The van der Waals surface area contributed by atoms with Gasteiger partial charge in [0.2, 0.25) is 0 Å². The molecule has 0 bridgehead atoms. The number of furan rings is 1. The SMILES string of the molecule is CN(C[C@H](O)COc1ccc2oc3ccccc3c2c1)C1CCCCC1. The molecular weight excluding hydrogens is 326 g/mol. The third-order valence-corrected chi connectivity index (χ3v) is 5.49. The number of likely N-dealkylation sites (N-methyl/N-ethyl adjacent to an activating group) is 1. The summed E-state index contributed by atoms with van der Waals surface area (Å²) in [5.41, 5.74) is 1.74. The van der Waals surface area contributed by atoms with Gasteiger partial charge in [-0.25, -0.2) is 0 Å². The van der Waals surface area contributed by atoms with E-state index in [1.54, 1.807) is 0 Å². The largest absolute Gasteiger partial charge is 0.491 e. The molecule has 26 heavy (non-hydrogen) atoms. The fourth-order valence-corrected chi connectivity index (χ4v) is 4.04. The van der Waals surface area contributed by atoms with Crippen LogP contribution >= 0.6 is 0 Å². The molecule has 1 aromatic heterocycles. The van der Waals surface area contributed by atoms with Crippen LogP contribution in [0.3, 0.4) is 0 Å². The van der Waals surface area contributed by atoms with Crippen LogP contribution in [0.4, 0.5) is 0 Å².